The summed E-state index contributed by atoms with van der Waals surface area (Å²) in [4.78, 5) is 36.0. The van der Waals surface area contributed by atoms with Crippen LogP contribution in [0.2, 0.25) is 5.15 Å². The molecule has 0 spiro atoms. The summed E-state index contributed by atoms with van der Waals surface area (Å²) in [7, 11) is 1.49. The summed E-state index contributed by atoms with van der Waals surface area (Å²) in [6, 6.07) is 3.20. The molecule has 3 aromatic heterocycles. The van der Waals surface area contributed by atoms with Crippen LogP contribution in [0.4, 0.5) is 21.9 Å². The monoisotopic (exact) mass is 440 g/mol. The maximum Gasteiger partial charge on any atom is 0.331 e. The van der Waals surface area contributed by atoms with E-state index < -0.39 is 0 Å². The van der Waals surface area contributed by atoms with Crippen molar-refractivity contribution < 1.29 is 9.59 Å². The zero-order chi connectivity index (χ0) is 21.9. The molecule has 10 nitrogen and oxygen atoms in total. The molecular formula is C20H21ClN8O2. The number of pyridine rings is 2. The zero-order valence-corrected chi connectivity index (χ0v) is 17.6. The largest absolute Gasteiger partial charge is 0.396 e. The lowest BCUT2D eigenvalue weighted by molar-refractivity contribution is -0.123. The van der Waals surface area contributed by atoms with Gasteiger partial charge in [-0.05, 0) is 30.4 Å². The summed E-state index contributed by atoms with van der Waals surface area (Å²) in [5, 5.41) is 1.73. The number of hydrazine groups is 1. The van der Waals surface area contributed by atoms with Crippen molar-refractivity contribution in [2.24, 2.45) is 5.84 Å². The topological polar surface area (TPSA) is 126 Å². The van der Waals surface area contributed by atoms with E-state index in [1.54, 1.807) is 6.07 Å². The minimum Gasteiger partial charge on any atom is -0.396 e. The van der Waals surface area contributed by atoms with Crippen LogP contribution in [0.3, 0.4) is 0 Å². The van der Waals surface area contributed by atoms with Crippen molar-refractivity contribution >= 4 is 46.2 Å². The van der Waals surface area contributed by atoms with Crippen LogP contribution in [0.15, 0.2) is 30.7 Å². The summed E-state index contributed by atoms with van der Waals surface area (Å²) < 4.78 is 1.89. The Kier molecular flexibility index (Phi) is 4.49. The third-order valence-electron chi connectivity index (χ3n) is 5.65. The van der Waals surface area contributed by atoms with Crippen LogP contribution >= 0.6 is 11.6 Å². The first-order valence-electron chi connectivity index (χ1n) is 9.84. The number of carbonyl (C=O) groups excluding carboxylic acids is 2. The number of aromatic nitrogens is 3. The summed E-state index contributed by atoms with van der Waals surface area (Å²) in [6.45, 7) is 0.258. The van der Waals surface area contributed by atoms with Crippen molar-refractivity contribution in [1.29, 1.82) is 0 Å². The van der Waals surface area contributed by atoms with E-state index in [1.807, 2.05) is 22.9 Å². The normalized spacial score (nSPS) is 16.6. The summed E-state index contributed by atoms with van der Waals surface area (Å²) in [5.74, 6) is 6.44. The molecule has 5 rings (SSSR count). The number of imidazole rings is 1. The van der Waals surface area contributed by atoms with E-state index in [9.17, 15) is 9.59 Å². The predicted molar refractivity (Wildman–Crippen MR) is 117 cm³/mol. The van der Waals surface area contributed by atoms with Crippen LogP contribution in [0.5, 0.6) is 0 Å². The van der Waals surface area contributed by atoms with E-state index in [4.69, 9.17) is 28.2 Å². The lowest BCUT2D eigenvalue weighted by atomic mass is 10.1. The van der Waals surface area contributed by atoms with Crippen LogP contribution in [0.25, 0.3) is 5.65 Å². The molecule has 1 saturated heterocycles. The molecule has 0 atom stereocenters. The van der Waals surface area contributed by atoms with Crippen LogP contribution in [0.1, 0.15) is 30.0 Å². The van der Waals surface area contributed by atoms with Gasteiger partial charge >= 0.3 is 6.03 Å². The van der Waals surface area contributed by atoms with Crippen molar-refractivity contribution in [2.75, 3.05) is 29.2 Å². The van der Waals surface area contributed by atoms with E-state index in [-0.39, 0.29) is 30.2 Å². The highest BCUT2D eigenvalue weighted by Crippen LogP contribution is 2.42. The van der Waals surface area contributed by atoms with Crippen molar-refractivity contribution in [3.63, 3.8) is 0 Å². The highest BCUT2D eigenvalue weighted by atomic mass is 35.5. The van der Waals surface area contributed by atoms with Gasteiger partial charge in [0.1, 0.15) is 11.7 Å². The third-order valence-corrected chi connectivity index (χ3v) is 5.85. The molecule has 1 aliphatic heterocycles. The molecule has 4 heterocycles. The van der Waals surface area contributed by atoms with E-state index in [1.165, 1.54) is 23.2 Å². The molecule has 3 aromatic rings. The maximum absolute atomic E-state index is 12.6. The Bertz CT molecular complexity index is 1220. The van der Waals surface area contributed by atoms with Gasteiger partial charge < -0.3 is 15.1 Å². The Hall–Kier alpha value is -3.37. The van der Waals surface area contributed by atoms with Gasteiger partial charge in [-0.15, -0.1) is 0 Å². The van der Waals surface area contributed by atoms with Crippen molar-refractivity contribution in [3.05, 3.63) is 47.1 Å². The Morgan fingerprint density at radius 2 is 2.03 bits per heavy atom. The number of nitrogens with two attached hydrogens (primary N) is 2. The van der Waals surface area contributed by atoms with Gasteiger partial charge in [0.2, 0.25) is 5.91 Å². The van der Waals surface area contributed by atoms with Gasteiger partial charge in [0.05, 0.1) is 35.5 Å². The van der Waals surface area contributed by atoms with Crippen molar-refractivity contribution in [3.8, 4) is 0 Å². The van der Waals surface area contributed by atoms with E-state index in [0.717, 1.165) is 23.3 Å². The fourth-order valence-electron chi connectivity index (χ4n) is 3.79. The molecule has 4 N–H and O–H groups in total. The number of carbonyl (C=O) groups is 2. The fraction of sp³-hybridized carbons (Fsp3) is 0.300. The van der Waals surface area contributed by atoms with Gasteiger partial charge in [-0.2, -0.15) is 0 Å². The molecule has 2 fully saturated rings. The second-order valence-electron chi connectivity index (χ2n) is 7.91. The summed E-state index contributed by atoms with van der Waals surface area (Å²) in [5.41, 5.74) is 9.92. The highest BCUT2D eigenvalue weighted by Gasteiger charge is 2.36. The molecule has 0 unspecified atom stereocenters. The zero-order valence-electron chi connectivity index (χ0n) is 16.8. The Morgan fingerprint density at radius 1 is 1.26 bits per heavy atom. The molecular weight excluding hydrogens is 420 g/mol. The van der Waals surface area contributed by atoms with Gasteiger partial charge in [0.25, 0.3) is 0 Å². The molecule has 11 heteroatoms. The number of hydrogen-bond acceptors (Lipinski definition) is 7. The third kappa shape index (κ3) is 3.43. The second-order valence-corrected chi connectivity index (χ2v) is 8.30. The van der Waals surface area contributed by atoms with Gasteiger partial charge in [0.15, 0.2) is 5.65 Å². The molecule has 0 radical (unpaired) electrons. The smallest absolute Gasteiger partial charge is 0.331 e. The van der Waals surface area contributed by atoms with E-state index in [2.05, 4.69) is 4.98 Å². The summed E-state index contributed by atoms with van der Waals surface area (Å²) >= 11 is 5.97. The van der Waals surface area contributed by atoms with Gasteiger partial charge in [-0.3, -0.25) is 14.6 Å². The van der Waals surface area contributed by atoms with E-state index in [0.29, 0.717) is 34.3 Å². The molecule has 2 aliphatic rings. The number of nitrogens with zero attached hydrogens (tertiary/aromatic N) is 6. The lowest BCUT2D eigenvalue weighted by Gasteiger charge is -2.19. The number of hydrogen-bond donors (Lipinski definition) is 2. The van der Waals surface area contributed by atoms with Crippen LogP contribution in [-0.4, -0.2) is 44.8 Å². The predicted octanol–water partition coefficient (Wildman–Crippen LogP) is 2.12. The molecule has 0 bridgehead atoms. The Labute approximate surface area is 183 Å². The van der Waals surface area contributed by atoms with Crippen LogP contribution < -0.4 is 21.5 Å². The number of halogens is 1. The minimum atomic E-state index is -0.357. The number of anilines is 3. The standard InChI is InChI=1S/C20H21ClN8O2/c1-26-18(30)10-28(20(26)31)16-4-12(11-2-3-11)7-27-8-13(25-19(16)27)9-29(23)15-5-17(21)24-6-14(15)22/h4-8,11H,2-3,9-10,22-23H2,1H3. The van der Waals surface area contributed by atoms with Gasteiger partial charge in [0, 0.05) is 25.5 Å². The number of fused-ring (bicyclic) bond motifs is 1. The first-order valence-corrected chi connectivity index (χ1v) is 10.2. The summed E-state index contributed by atoms with van der Waals surface area (Å²) in [6.07, 6.45) is 7.57. The average Bonchev–Trinajstić information content (AvgIpc) is 3.46. The highest BCUT2D eigenvalue weighted by molar-refractivity contribution is 6.29. The first-order chi connectivity index (χ1) is 14.8. The number of amides is 3. The fourth-order valence-corrected chi connectivity index (χ4v) is 3.94. The number of imide groups is 1. The van der Waals surface area contributed by atoms with Crippen LogP contribution in [0, 0.1) is 0 Å². The SMILES string of the molecule is CN1C(=O)CN(c2cc(C3CC3)cn3cc(CN(N)c4cc(Cl)ncc4N)nc23)C1=O. The quantitative estimate of drug-likeness (QED) is 0.269. The van der Waals surface area contributed by atoms with E-state index >= 15 is 0 Å². The average molecular weight is 441 g/mol. The Morgan fingerprint density at radius 3 is 2.71 bits per heavy atom. The molecule has 1 aliphatic carbocycles. The minimum absolute atomic E-state index is 0.00360. The van der Waals surface area contributed by atoms with Gasteiger partial charge in [-0.25, -0.2) is 20.6 Å². The number of nitrogen functional groups attached to an aromatic ring is 1. The number of likely N-dealkylation sites (N-methyl/N-ethyl adjacent to an activating group) is 1. The Balaban J connectivity index is 1.53. The first kappa shape index (κ1) is 19.6. The van der Waals surface area contributed by atoms with Gasteiger partial charge in [-0.1, -0.05) is 11.6 Å². The maximum atomic E-state index is 12.6. The molecule has 160 valence electrons. The van der Waals surface area contributed by atoms with Crippen molar-refractivity contribution in [1.82, 2.24) is 19.3 Å². The van der Waals surface area contributed by atoms with Crippen molar-refractivity contribution in [2.45, 2.75) is 25.3 Å². The molecule has 3 amide bonds. The molecule has 0 aromatic carbocycles. The molecule has 1 saturated carbocycles. The number of rotatable bonds is 5. The van der Waals surface area contributed by atoms with Crippen LogP contribution in [-0.2, 0) is 11.3 Å². The molecule has 31 heavy (non-hydrogen) atoms. The number of urea groups is 1. The second kappa shape index (κ2) is 7.10. The lowest BCUT2D eigenvalue weighted by Crippen LogP contribution is -2.31.